The molecular weight excluding hydrogens is 328 g/mol. The summed E-state index contributed by atoms with van der Waals surface area (Å²) in [5.74, 6) is 1.28. The van der Waals surface area contributed by atoms with Crippen LogP contribution in [0.15, 0.2) is 48.5 Å². The highest BCUT2D eigenvalue weighted by atomic mass is 16.5. The fourth-order valence-corrected chi connectivity index (χ4v) is 3.14. The summed E-state index contributed by atoms with van der Waals surface area (Å²) in [5, 5.41) is 2.89. The number of carbonyl (C=O) groups excluding carboxylic acids is 1. The number of nitrogens with one attached hydrogen (secondary N) is 1. The number of carbonyl (C=O) groups is 1. The number of benzene rings is 2. The molecule has 1 saturated heterocycles. The molecule has 0 bridgehead atoms. The number of piperidine rings is 1. The third-order valence-corrected chi connectivity index (χ3v) is 4.56. The zero-order valence-corrected chi connectivity index (χ0v) is 15.2. The second kappa shape index (κ2) is 9.13. The Morgan fingerprint density at radius 3 is 2.38 bits per heavy atom. The minimum atomic E-state index is -0.0844. The molecule has 0 unspecified atom stereocenters. The Morgan fingerprint density at radius 2 is 1.69 bits per heavy atom. The van der Waals surface area contributed by atoms with Crippen LogP contribution in [0.2, 0.25) is 0 Å². The number of methoxy groups -OCH3 is 1. The molecule has 0 atom stereocenters. The van der Waals surface area contributed by atoms with Crippen LogP contribution in [0, 0.1) is 0 Å². The first-order valence-electron chi connectivity index (χ1n) is 9.17. The molecule has 138 valence electrons. The fourth-order valence-electron chi connectivity index (χ4n) is 3.14. The maximum atomic E-state index is 12.3. The second-order valence-electron chi connectivity index (χ2n) is 6.35. The predicted molar refractivity (Wildman–Crippen MR) is 103 cm³/mol. The molecule has 0 radical (unpaired) electrons. The molecule has 0 saturated carbocycles. The highest BCUT2D eigenvalue weighted by Crippen LogP contribution is 2.25. The summed E-state index contributed by atoms with van der Waals surface area (Å²) >= 11 is 0. The van der Waals surface area contributed by atoms with Crippen LogP contribution in [-0.4, -0.2) is 39.3 Å². The van der Waals surface area contributed by atoms with Gasteiger partial charge < -0.3 is 19.7 Å². The molecular formula is C21H26N2O3. The highest BCUT2D eigenvalue weighted by Gasteiger charge is 2.12. The van der Waals surface area contributed by atoms with Crippen LogP contribution in [0.4, 0.5) is 5.69 Å². The summed E-state index contributed by atoms with van der Waals surface area (Å²) in [5.41, 5.74) is 1.86. The van der Waals surface area contributed by atoms with E-state index in [4.69, 9.17) is 9.47 Å². The summed E-state index contributed by atoms with van der Waals surface area (Å²) in [7, 11) is 1.61. The third-order valence-electron chi connectivity index (χ3n) is 4.56. The minimum Gasteiger partial charge on any atom is -0.493 e. The van der Waals surface area contributed by atoms with Crippen molar-refractivity contribution < 1.29 is 14.3 Å². The molecule has 2 aromatic carbocycles. The molecule has 5 nitrogen and oxygen atoms in total. The molecule has 1 amide bonds. The number of para-hydroxylation sites is 2. The van der Waals surface area contributed by atoms with E-state index in [1.54, 1.807) is 7.11 Å². The van der Waals surface area contributed by atoms with Gasteiger partial charge >= 0.3 is 0 Å². The number of anilines is 1. The van der Waals surface area contributed by atoms with Gasteiger partial charge in [0, 0.05) is 24.3 Å². The normalized spacial score (nSPS) is 14.0. The van der Waals surface area contributed by atoms with E-state index in [-0.39, 0.29) is 5.91 Å². The van der Waals surface area contributed by atoms with Gasteiger partial charge in [-0.1, -0.05) is 12.1 Å². The maximum Gasteiger partial charge on any atom is 0.251 e. The number of rotatable bonds is 7. The molecule has 1 fully saturated rings. The van der Waals surface area contributed by atoms with Crippen molar-refractivity contribution in [3.8, 4) is 11.5 Å². The third kappa shape index (κ3) is 4.69. The number of hydrogen-bond acceptors (Lipinski definition) is 4. The Hall–Kier alpha value is -2.69. The van der Waals surface area contributed by atoms with Crippen LogP contribution in [0.25, 0.3) is 0 Å². The van der Waals surface area contributed by atoms with E-state index in [0.717, 1.165) is 13.1 Å². The Morgan fingerprint density at radius 1 is 1.00 bits per heavy atom. The van der Waals surface area contributed by atoms with Crippen LogP contribution in [-0.2, 0) is 0 Å². The summed E-state index contributed by atoms with van der Waals surface area (Å²) in [6.45, 7) is 3.03. The lowest BCUT2D eigenvalue weighted by atomic mass is 10.1. The van der Waals surface area contributed by atoms with Crippen molar-refractivity contribution in [1.82, 2.24) is 5.32 Å². The van der Waals surface area contributed by atoms with E-state index < -0.39 is 0 Å². The zero-order valence-electron chi connectivity index (χ0n) is 15.2. The van der Waals surface area contributed by atoms with E-state index in [2.05, 4.69) is 10.2 Å². The van der Waals surface area contributed by atoms with Crippen molar-refractivity contribution in [2.24, 2.45) is 0 Å². The van der Waals surface area contributed by atoms with Crippen LogP contribution in [0.5, 0.6) is 11.5 Å². The summed E-state index contributed by atoms with van der Waals surface area (Å²) in [6, 6.07) is 15.3. The monoisotopic (exact) mass is 354 g/mol. The van der Waals surface area contributed by atoms with Gasteiger partial charge in [0.25, 0.3) is 5.91 Å². The molecule has 2 aromatic rings. The molecule has 5 heteroatoms. The van der Waals surface area contributed by atoms with Gasteiger partial charge in [0.15, 0.2) is 11.5 Å². The molecule has 0 spiro atoms. The van der Waals surface area contributed by atoms with Crippen molar-refractivity contribution in [2.45, 2.75) is 19.3 Å². The number of hydrogen-bond donors (Lipinski definition) is 1. The standard InChI is InChI=1S/C21H26N2O3/c1-25-19-7-3-4-8-20(19)26-16-13-22-21(24)17-9-11-18(12-10-17)23-14-5-2-6-15-23/h3-4,7-12H,2,5-6,13-16H2,1H3,(H,22,24). The lowest BCUT2D eigenvalue weighted by molar-refractivity contribution is 0.0947. The van der Waals surface area contributed by atoms with Crippen LogP contribution < -0.4 is 19.7 Å². The molecule has 1 aliphatic rings. The highest BCUT2D eigenvalue weighted by molar-refractivity contribution is 5.94. The Kier molecular flexibility index (Phi) is 6.36. The van der Waals surface area contributed by atoms with Gasteiger partial charge in [-0.2, -0.15) is 0 Å². The van der Waals surface area contributed by atoms with E-state index in [0.29, 0.717) is 30.2 Å². The van der Waals surface area contributed by atoms with Gasteiger partial charge in [-0.3, -0.25) is 4.79 Å². The van der Waals surface area contributed by atoms with Crippen molar-refractivity contribution in [3.63, 3.8) is 0 Å². The van der Waals surface area contributed by atoms with Crippen molar-refractivity contribution in [3.05, 3.63) is 54.1 Å². The first-order valence-corrected chi connectivity index (χ1v) is 9.17. The van der Waals surface area contributed by atoms with Gasteiger partial charge in [-0.25, -0.2) is 0 Å². The lowest BCUT2D eigenvalue weighted by Gasteiger charge is -2.28. The van der Waals surface area contributed by atoms with Gasteiger partial charge in [0.1, 0.15) is 6.61 Å². The van der Waals surface area contributed by atoms with Gasteiger partial charge in [0.2, 0.25) is 0 Å². The Balaban J connectivity index is 1.46. The van der Waals surface area contributed by atoms with Gasteiger partial charge in [0.05, 0.1) is 13.7 Å². The van der Waals surface area contributed by atoms with E-state index in [1.165, 1.54) is 24.9 Å². The van der Waals surface area contributed by atoms with Crippen LogP contribution >= 0.6 is 0 Å². The molecule has 26 heavy (non-hydrogen) atoms. The molecule has 1 aliphatic heterocycles. The summed E-state index contributed by atoms with van der Waals surface area (Å²) in [4.78, 5) is 14.6. The molecule has 1 heterocycles. The molecule has 0 aliphatic carbocycles. The largest absolute Gasteiger partial charge is 0.493 e. The first-order chi connectivity index (χ1) is 12.8. The van der Waals surface area contributed by atoms with Gasteiger partial charge in [-0.15, -0.1) is 0 Å². The number of ether oxygens (including phenoxy) is 2. The maximum absolute atomic E-state index is 12.3. The average Bonchev–Trinajstić information content (AvgIpc) is 2.72. The summed E-state index contributed by atoms with van der Waals surface area (Å²) in [6.07, 6.45) is 3.80. The zero-order chi connectivity index (χ0) is 18.2. The second-order valence-corrected chi connectivity index (χ2v) is 6.35. The molecule has 3 rings (SSSR count). The SMILES string of the molecule is COc1ccccc1OCCNC(=O)c1ccc(N2CCCCC2)cc1. The Bertz CT molecular complexity index is 709. The lowest BCUT2D eigenvalue weighted by Crippen LogP contribution is -2.30. The fraction of sp³-hybridized carbons (Fsp3) is 0.381. The van der Waals surface area contributed by atoms with E-state index in [1.807, 2.05) is 48.5 Å². The smallest absolute Gasteiger partial charge is 0.251 e. The topological polar surface area (TPSA) is 50.8 Å². The van der Waals surface area contributed by atoms with Crippen LogP contribution in [0.3, 0.4) is 0 Å². The molecule has 0 aromatic heterocycles. The van der Waals surface area contributed by atoms with Crippen LogP contribution in [0.1, 0.15) is 29.6 Å². The van der Waals surface area contributed by atoms with Crippen molar-refractivity contribution >= 4 is 11.6 Å². The average molecular weight is 354 g/mol. The van der Waals surface area contributed by atoms with Crippen molar-refractivity contribution in [1.29, 1.82) is 0 Å². The minimum absolute atomic E-state index is 0.0844. The quantitative estimate of drug-likeness (QED) is 0.773. The van der Waals surface area contributed by atoms with E-state index in [9.17, 15) is 4.79 Å². The summed E-state index contributed by atoms with van der Waals surface area (Å²) < 4.78 is 10.9. The Labute approximate surface area is 154 Å². The number of amides is 1. The first kappa shape index (κ1) is 18.1. The molecule has 1 N–H and O–H groups in total. The van der Waals surface area contributed by atoms with E-state index >= 15 is 0 Å². The predicted octanol–water partition coefficient (Wildman–Crippen LogP) is 3.49. The number of nitrogens with zero attached hydrogens (tertiary/aromatic N) is 1. The van der Waals surface area contributed by atoms with Crippen molar-refractivity contribution in [2.75, 3.05) is 38.3 Å². The van der Waals surface area contributed by atoms with Gasteiger partial charge in [-0.05, 0) is 55.7 Å².